The van der Waals surface area contributed by atoms with E-state index >= 15 is 0 Å². The fourth-order valence-electron chi connectivity index (χ4n) is 4.90. The minimum atomic E-state index is 0.184. The number of rotatable bonds is 2. The van der Waals surface area contributed by atoms with Crippen molar-refractivity contribution in [2.75, 3.05) is 13.7 Å². The maximum Gasteiger partial charge on any atom is 0.191 e. The first kappa shape index (κ1) is 13.8. The molecule has 6 atom stereocenters. The van der Waals surface area contributed by atoms with Crippen LogP contribution in [0.5, 0.6) is 0 Å². The lowest BCUT2D eigenvalue weighted by atomic mass is 9.57. The summed E-state index contributed by atoms with van der Waals surface area (Å²) >= 11 is 0. The van der Waals surface area contributed by atoms with Crippen molar-refractivity contribution < 1.29 is 9.47 Å². The molecule has 0 aromatic heterocycles. The van der Waals surface area contributed by atoms with Crippen LogP contribution in [-0.4, -0.2) is 50.0 Å². The minimum absolute atomic E-state index is 0.184. The number of hydrogen-bond donors (Lipinski definition) is 2. The Bertz CT molecular complexity index is 451. The van der Waals surface area contributed by atoms with Crippen LogP contribution in [0.15, 0.2) is 4.99 Å². The van der Waals surface area contributed by atoms with E-state index in [-0.39, 0.29) is 5.41 Å². The van der Waals surface area contributed by atoms with E-state index in [2.05, 4.69) is 29.5 Å². The van der Waals surface area contributed by atoms with E-state index in [9.17, 15) is 0 Å². The Morgan fingerprint density at radius 2 is 2.05 bits per heavy atom. The number of hydrogen-bond acceptors (Lipinski definition) is 3. The first-order valence-corrected chi connectivity index (χ1v) is 8.36. The largest absolute Gasteiger partial charge is 0.377 e. The van der Waals surface area contributed by atoms with Crippen LogP contribution < -0.4 is 10.6 Å². The number of nitrogens with zero attached hydrogens (tertiary/aromatic N) is 1. The molecule has 0 radical (unpaired) electrons. The lowest BCUT2D eigenvalue weighted by Gasteiger charge is -2.55. The smallest absolute Gasteiger partial charge is 0.191 e. The summed E-state index contributed by atoms with van der Waals surface area (Å²) in [6.07, 6.45) is 5.97. The van der Waals surface area contributed by atoms with E-state index in [4.69, 9.17) is 9.47 Å². The molecule has 3 aliphatic heterocycles. The van der Waals surface area contributed by atoms with Gasteiger partial charge in [-0.15, -0.1) is 0 Å². The van der Waals surface area contributed by atoms with Gasteiger partial charge in [0.05, 0.1) is 24.4 Å². The molecule has 0 aromatic carbocycles. The highest BCUT2D eigenvalue weighted by atomic mass is 16.5. The summed E-state index contributed by atoms with van der Waals surface area (Å²) in [5.41, 5.74) is 0.184. The van der Waals surface area contributed by atoms with Crippen molar-refractivity contribution in [2.24, 2.45) is 16.3 Å². The van der Waals surface area contributed by atoms with Crippen LogP contribution >= 0.6 is 0 Å². The zero-order valence-electron chi connectivity index (χ0n) is 13.3. The van der Waals surface area contributed by atoms with Crippen LogP contribution in [0.1, 0.15) is 39.5 Å². The molecule has 21 heavy (non-hydrogen) atoms. The molecule has 118 valence electrons. The van der Waals surface area contributed by atoms with Gasteiger partial charge in [-0.3, -0.25) is 4.99 Å². The molecule has 4 aliphatic rings. The zero-order chi connectivity index (χ0) is 14.6. The van der Waals surface area contributed by atoms with E-state index in [0.29, 0.717) is 36.3 Å². The normalized spacial score (nSPS) is 47.1. The molecule has 5 heteroatoms. The Kier molecular flexibility index (Phi) is 3.19. The van der Waals surface area contributed by atoms with Crippen molar-refractivity contribution in [1.29, 1.82) is 0 Å². The van der Waals surface area contributed by atoms with E-state index in [0.717, 1.165) is 19.0 Å². The lowest BCUT2D eigenvalue weighted by Crippen LogP contribution is -2.68. The molecule has 0 spiro atoms. The van der Waals surface area contributed by atoms with Gasteiger partial charge in [-0.25, -0.2) is 0 Å². The average Bonchev–Trinajstić information content (AvgIpc) is 3.17. The molecular weight excluding hydrogens is 266 g/mol. The second-order valence-electron chi connectivity index (χ2n) is 7.62. The molecule has 1 saturated carbocycles. The van der Waals surface area contributed by atoms with Crippen LogP contribution in [0.3, 0.4) is 0 Å². The monoisotopic (exact) mass is 293 g/mol. The Balaban J connectivity index is 1.39. The number of fused-ring (bicyclic) bond motifs is 3. The molecular formula is C16H27N3O2. The SMILES string of the molecule is CN=C(NC1CC2CCC1O2)NC1C2CCOC2C1(C)C. The lowest BCUT2D eigenvalue weighted by molar-refractivity contribution is -0.106. The molecule has 0 amide bonds. The predicted molar refractivity (Wildman–Crippen MR) is 81.3 cm³/mol. The third-order valence-corrected chi connectivity index (χ3v) is 6.04. The zero-order valence-corrected chi connectivity index (χ0v) is 13.3. The maximum absolute atomic E-state index is 5.92. The van der Waals surface area contributed by atoms with Gasteiger partial charge in [0.1, 0.15) is 0 Å². The molecule has 0 aromatic rings. The van der Waals surface area contributed by atoms with Gasteiger partial charge in [0.25, 0.3) is 0 Å². The van der Waals surface area contributed by atoms with Crippen molar-refractivity contribution >= 4 is 5.96 Å². The predicted octanol–water partition coefficient (Wildman–Crippen LogP) is 1.28. The molecule has 2 N–H and O–H groups in total. The van der Waals surface area contributed by atoms with Crippen LogP contribution in [-0.2, 0) is 9.47 Å². The Labute approximate surface area is 126 Å². The highest BCUT2D eigenvalue weighted by Crippen LogP contribution is 2.52. The quantitative estimate of drug-likeness (QED) is 0.595. The van der Waals surface area contributed by atoms with E-state index in [1.54, 1.807) is 0 Å². The van der Waals surface area contributed by atoms with Crippen LogP contribution in [0.4, 0.5) is 0 Å². The second kappa shape index (κ2) is 4.85. The summed E-state index contributed by atoms with van der Waals surface area (Å²) in [4.78, 5) is 4.43. The van der Waals surface area contributed by atoms with E-state index < -0.39 is 0 Å². The van der Waals surface area contributed by atoms with Gasteiger partial charge >= 0.3 is 0 Å². The standard InChI is InChI=1S/C16H27N3O2/c1-16(2)13(10-6-7-20-14(10)16)19-15(17-3)18-11-8-9-4-5-12(11)21-9/h9-14H,4-8H2,1-3H3,(H2,17,18,19). The summed E-state index contributed by atoms with van der Waals surface area (Å²) in [6.45, 7) is 5.50. The summed E-state index contributed by atoms with van der Waals surface area (Å²) in [6, 6.07) is 0.879. The van der Waals surface area contributed by atoms with Crippen LogP contribution in [0, 0.1) is 11.3 Å². The molecule has 2 bridgehead atoms. The van der Waals surface area contributed by atoms with Gasteiger partial charge in [-0.1, -0.05) is 13.8 Å². The third-order valence-electron chi connectivity index (χ3n) is 6.04. The summed E-state index contributed by atoms with van der Waals surface area (Å²) in [5.74, 6) is 1.56. The maximum atomic E-state index is 5.92. The van der Waals surface area contributed by atoms with E-state index in [1.807, 2.05) is 7.05 Å². The number of aliphatic imine (C=N–C) groups is 1. The average molecular weight is 293 g/mol. The molecule has 4 fully saturated rings. The van der Waals surface area contributed by atoms with Gasteiger partial charge in [0, 0.05) is 31.0 Å². The van der Waals surface area contributed by atoms with Crippen LogP contribution in [0.25, 0.3) is 0 Å². The van der Waals surface area contributed by atoms with Crippen LogP contribution in [0.2, 0.25) is 0 Å². The molecule has 3 heterocycles. The fourth-order valence-corrected chi connectivity index (χ4v) is 4.90. The van der Waals surface area contributed by atoms with Crippen molar-refractivity contribution in [3.05, 3.63) is 0 Å². The van der Waals surface area contributed by atoms with Gasteiger partial charge in [0.15, 0.2) is 5.96 Å². The second-order valence-corrected chi connectivity index (χ2v) is 7.62. The van der Waals surface area contributed by atoms with Crippen molar-refractivity contribution in [1.82, 2.24) is 10.6 Å². The first-order chi connectivity index (χ1) is 10.1. The summed E-state index contributed by atoms with van der Waals surface area (Å²) in [7, 11) is 1.86. The van der Waals surface area contributed by atoms with Gasteiger partial charge in [-0.05, 0) is 25.7 Å². The van der Waals surface area contributed by atoms with Gasteiger partial charge < -0.3 is 20.1 Å². The topological polar surface area (TPSA) is 54.9 Å². The van der Waals surface area contributed by atoms with Crippen molar-refractivity contribution in [3.63, 3.8) is 0 Å². The molecule has 5 nitrogen and oxygen atoms in total. The molecule has 6 unspecified atom stereocenters. The Morgan fingerprint density at radius 1 is 1.19 bits per heavy atom. The fraction of sp³-hybridized carbons (Fsp3) is 0.938. The minimum Gasteiger partial charge on any atom is -0.377 e. The highest BCUT2D eigenvalue weighted by Gasteiger charge is 2.59. The number of guanidine groups is 1. The Hall–Kier alpha value is -0.810. The van der Waals surface area contributed by atoms with E-state index in [1.165, 1.54) is 19.3 Å². The van der Waals surface area contributed by atoms with Gasteiger partial charge in [0.2, 0.25) is 0 Å². The van der Waals surface area contributed by atoms with Crippen molar-refractivity contribution in [2.45, 2.75) is 69.9 Å². The van der Waals surface area contributed by atoms with Crippen molar-refractivity contribution in [3.8, 4) is 0 Å². The third kappa shape index (κ3) is 2.08. The number of ether oxygens (including phenoxy) is 2. The highest BCUT2D eigenvalue weighted by molar-refractivity contribution is 5.80. The molecule has 3 saturated heterocycles. The summed E-state index contributed by atoms with van der Waals surface area (Å²) < 4.78 is 11.8. The first-order valence-electron chi connectivity index (χ1n) is 8.36. The number of nitrogens with one attached hydrogen (secondary N) is 2. The molecule has 4 rings (SSSR count). The van der Waals surface area contributed by atoms with Gasteiger partial charge in [-0.2, -0.15) is 0 Å². The Morgan fingerprint density at radius 3 is 2.71 bits per heavy atom. The molecule has 1 aliphatic carbocycles. The summed E-state index contributed by atoms with van der Waals surface area (Å²) in [5, 5.41) is 7.24.